The van der Waals surface area contributed by atoms with Crippen LogP contribution in [-0.2, 0) is 11.4 Å². The first-order valence-electron chi connectivity index (χ1n) is 9.42. The van der Waals surface area contributed by atoms with E-state index in [9.17, 15) is 10.1 Å². The molecule has 0 aliphatic carbocycles. The topological polar surface area (TPSA) is 62.1 Å². The lowest BCUT2D eigenvalue weighted by Crippen LogP contribution is -2.13. The van der Waals surface area contributed by atoms with Gasteiger partial charge in [0.25, 0.3) is 5.91 Å². The van der Waals surface area contributed by atoms with E-state index in [1.807, 2.05) is 18.2 Å². The molecule has 0 saturated heterocycles. The van der Waals surface area contributed by atoms with Gasteiger partial charge in [0.1, 0.15) is 24.0 Å². The molecule has 0 saturated carbocycles. The number of nitriles is 1. The molecule has 4 nitrogen and oxygen atoms in total. The standard InChI is InChI=1S/C25H21ClN2O2/c1-17-11-18(2)13-20(12-17)16-30-22-9-7-19(8-10-22)14-21(15-27)25(29)28-24-6-4-3-5-23(24)26/h3-14H,16H2,1-2H3,(H,28,29)/b21-14+. The lowest BCUT2D eigenvalue weighted by molar-refractivity contribution is -0.112. The van der Waals surface area contributed by atoms with E-state index in [0.29, 0.717) is 23.1 Å². The Bertz CT molecular complexity index is 1110. The average molecular weight is 417 g/mol. The molecule has 0 spiro atoms. The number of aryl methyl sites for hydroxylation is 2. The molecule has 0 radical (unpaired) electrons. The molecule has 1 N–H and O–H groups in total. The number of hydrogen-bond acceptors (Lipinski definition) is 3. The van der Waals surface area contributed by atoms with Crippen LogP contribution >= 0.6 is 11.6 Å². The van der Waals surface area contributed by atoms with Crippen molar-refractivity contribution in [2.24, 2.45) is 0 Å². The Morgan fingerprint density at radius 2 is 1.73 bits per heavy atom. The molecule has 30 heavy (non-hydrogen) atoms. The summed E-state index contributed by atoms with van der Waals surface area (Å²) in [5, 5.41) is 12.4. The molecule has 0 aliphatic heterocycles. The first-order valence-corrected chi connectivity index (χ1v) is 9.80. The van der Waals surface area contributed by atoms with Gasteiger partial charge in [0.05, 0.1) is 10.7 Å². The highest BCUT2D eigenvalue weighted by molar-refractivity contribution is 6.34. The van der Waals surface area contributed by atoms with Crippen LogP contribution in [0, 0.1) is 25.2 Å². The van der Waals surface area contributed by atoms with E-state index < -0.39 is 5.91 Å². The molecule has 3 aromatic rings. The van der Waals surface area contributed by atoms with Crippen molar-refractivity contribution in [3.63, 3.8) is 0 Å². The van der Waals surface area contributed by atoms with E-state index in [1.165, 1.54) is 17.2 Å². The number of para-hydroxylation sites is 1. The van der Waals surface area contributed by atoms with Gasteiger partial charge in [-0.2, -0.15) is 5.26 Å². The highest BCUT2D eigenvalue weighted by Gasteiger charge is 2.11. The number of anilines is 1. The fourth-order valence-electron chi connectivity index (χ4n) is 3.05. The molecule has 0 fully saturated rings. The Labute approximate surface area is 181 Å². The summed E-state index contributed by atoms with van der Waals surface area (Å²) in [6.45, 7) is 4.60. The highest BCUT2D eigenvalue weighted by Crippen LogP contribution is 2.22. The smallest absolute Gasteiger partial charge is 0.266 e. The van der Waals surface area contributed by atoms with E-state index in [-0.39, 0.29) is 5.57 Å². The van der Waals surface area contributed by atoms with E-state index >= 15 is 0 Å². The number of benzene rings is 3. The Kier molecular flexibility index (Phi) is 6.90. The van der Waals surface area contributed by atoms with Crippen molar-refractivity contribution < 1.29 is 9.53 Å². The van der Waals surface area contributed by atoms with Crippen LogP contribution in [0.25, 0.3) is 6.08 Å². The summed E-state index contributed by atoms with van der Waals surface area (Å²) in [6, 6.07) is 22.4. The van der Waals surface area contributed by atoms with Gasteiger partial charge in [0.15, 0.2) is 0 Å². The summed E-state index contributed by atoms with van der Waals surface area (Å²) in [4.78, 5) is 12.4. The summed E-state index contributed by atoms with van der Waals surface area (Å²) >= 11 is 6.05. The van der Waals surface area contributed by atoms with Gasteiger partial charge < -0.3 is 10.1 Å². The summed E-state index contributed by atoms with van der Waals surface area (Å²) < 4.78 is 5.85. The number of amides is 1. The molecule has 0 aliphatic rings. The van der Waals surface area contributed by atoms with Gasteiger partial charge in [-0.1, -0.05) is 65.2 Å². The zero-order valence-corrected chi connectivity index (χ0v) is 17.5. The van der Waals surface area contributed by atoms with E-state index in [4.69, 9.17) is 16.3 Å². The fraction of sp³-hybridized carbons (Fsp3) is 0.120. The van der Waals surface area contributed by atoms with Crippen molar-refractivity contribution in [3.8, 4) is 11.8 Å². The molecule has 0 bridgehead atoms. The molecule has 0 atom stereocenters. The van der Waals surface area contributed by atoms with Crippen LogP contribution in [-0.4, -0.2) is 5.91 Å². The fourth-order valence-corrected chi connectivity index (χ4v) is 3.23. The lowest BCUT2D eigenvalue weighted by Gasteiger charge is -2.09. The number of rotatable bonds is 6. The number of ether oxygens (including phenoxy) is 1. The quantitative estimate of drug-likeness (QED) is 0.391. The molecule has 5 heteroatoms. The number of halogens is 1. The van der Waals surface area contributed by atoms with Gasteiger partial charge in [-0.05, 0) is 55.3 Å². The second kappa shape index (κ2) is 9.78. The van der Waals surface area contributed by atoms with Crippen LogP contribution in [0.5, 0.6) is 5.75 Å². The molecule has 0 unspecified atom stereocenters. The molecule has 150 valence electrons. The second-order valence-corrected chi connectivity index (χ2v) is 7.36. The number of nitrogens with one attached hydrogen (secondary N) is 1. The average Bonchev–Trinajstić information content (AvgIpc) is 2.72. The Balaban J connectivity index is 1.66. The third kappa shape index (κ3) is 5.73. The summed E-state index contributed by atoms with van der Waals surface area (Å²) in [5.41, 5.74) is 4.68. The van der Waals surface area contributed by atoms with Gasteiger partial charge in [-0.3, -0.25) is 4.79 Å². The van der Waals surface area contributed by atoms with Gasteiger partial charge in [0.2, 0.25) is 0 Å². The minimum Gasteiger partial charge on any atom is -0.489 e. The van der Waals surface area contributed by atoms with Gasteiger partial charge >= 0.3 is 0 Å². The molecular weight excluding hydrogens is 396 g/mol. The molecule has 0 heterocycles. The van der Waals surface area contributed by atoms with Crippen LogP contribution in [0.4, 0.5) is 5.69 Å². The summed E-state index contributed by atoms with van der Waals surface area (Å²) in [6.07, 6.45) is 1.53. The number of carbonyl (C=O) groups is 1. The Hall–Kier alpha value is -3.55. The largest absolute Gasteiger partial charge is 0.489 e. The predicted octanol–water partition coefficient (Wildman–Crippen LogP) is 6.08. The van der Waals surface area contributed by atoms with Crippen molar-refractivity contribution >= 4 is 29.3 Å². The predicted molar refractivity (Wildman–Crippen MR) is 120 cm³/mol. The monoisotopic (exact) mass is 416 g/mol. The van der Waals surface area contributed by atoms with Crippen molar-refractivity contribution in [1.29, 1.82) is 5.26 Å². The van der Waals surface area contributed by atoms with E-state index in [0.717, 1.165) is 11.1 Å². The lowest BCUT2D eigenvalue weighted by atomic mass is 10.1. The molecule has 0 aromatic heterocycles. The first kappa shape index (κ1) is 21.2. The van der Waals surface area contributed by atoms with Crippen LogP contribution in [0.2, 0.25) is 5.02 Å². The van der Waals surface area contributed by atoms with Crippen LogP contribution < -0.4 is 10.1 Å². The van der Waals surface area contributed by atoms with E-state index in [1.54, 1.807) is 36.4 Å². The highest BCUT2D eigenvalue weighted by atomic mass is 35.5. The Morgan fingerprint density at radius 3 is 2.37 bits per heavy atom. The van der Waals surface area contributed by atoms with Crippen LogP contribution in [0.3, 0.4) is 0 Å². The third-order valence-corrected chi connectivity index (χ3v) is 4.69. The van der Waals surface area contributed by atoms with E-state index in [2.05, 4.69) is 37.4 Å². The van der Waals surface area contributed by atoms with Crippen LogP contribution in [0.15, 0.2) is 72.3 Å². The van der Waals surface area contributed by atoms with Gasteiger partial charge in [0, 0.05) is 0 Å². The maximum atomic E-state index is 12.4. The van der Waals surface area contributed by atoms with Crippen molar-refractivity contribution in [1.82, 2.24) is 0 Å². The molecule has 3 aromatic carbocycles. The SMILES string of the molecule is Cc1cc(C)cc(COc2ccc(/C=C(\C#N)C(=O)Nc3ccccc3Cl)cc2)c1. The van der Waals surface area contributed by atoms with Gasteiger partial charge in [-0.15, -0.1) is 0 Å². The van der Waals surface area contributed by atoms with Crippen molar-refractivity contribution in [2.45, 2.75) is 20.5 Å². The number of nitrogens with zero attached hydrogens (tertiary/aromatic N) is 1. The molecular formula is C25H21ClN2O2. The zero-order valence-electron chi connectivity index (χ0n) is 16.8. The molecule has 3 rings (SSSR count). The maximum absolute atomic E-state index is 12.4. The first-order chi connectivity index (χ1) is 14.4. The third-order valence-electron chi connectivity index (χ3n) is 4.37. The van der Waals surface area contributed by atoms with Crippen LogP contribution in [0.1, 0.15) is 22.3 Å². The minimum atomic E-state index is -0.513. The maximum Gasteiger partial charge on any atom is 0.266 e. The van der Waals surface area contributed by atoms with Gasteiger partial charge in [-0.25, -0.2) is 0 Å². The summed E-state index contributed by atoms with van der Waals surface area (Å²) in [7, 11) is 0. The van der Waals surface area contributed by atoms with Crippen molar-refractivity contribution in [2.75, 3.05) is 5.32 Å². The summed E-state index contributed by atoms with van der Waals surface area (Å²) in [5.74, 6) is 0.200. The number of carbonyl (C=O) groups excluding carboxylic acids is 1. The Morgan fingerprint density at radius 1 is 1.07 bits per heavy atom. The number of hydrogen-bond donors (Lipinski definition) is 1. The second-order valence-electron chi connectivity index (χ2n) is 6.96. The zero-order chi connectivity index (χ0) is 21.5. The molecule has 1 amide bonds. The minimum absolute atomic E-state index is 0.0150. The van der Waals surface area contributed by atoms with Crippen molar-refractivity contribution in [3.05, 3.63) is 99.6 Å². The normalized spacial score (nSPS) is 10.9.